The molecule has 1 aromatic heterocycles. The van der Waals surface area contributed by atoms with E-state index in [1.165, 1.54) is 11.3 Å². The maximum absolute atomic E-state index is 12.2. The van der Waals surface area contributed by atoms with E-state index in [4.69, 9.17) is 9.57 Å². The molecule has 0 amide bonds. The lowest BCUT2D eigenvalue weighted by Crippen LogP contribution is -2.29. The zero-order valence-electron chi connectivity index (χ0n) is 18.5. The van der Waals surface area contributed by atoms with Crippen LogP contribution in [0.25, 0.3) is 5.69 Å². The Kier molecular flexibility index (Phi) is 5.68. The molecule has 5 nitrogen and oxygen atoms in total. The number of oxime groups is 1. The molecule has 3 aromatic rings. The summed E-state index contributed by atoms with van der Waals surface area (Å²) >= 11 is 0. The maximum atomic E-state index is 12.2. The quantitative estimate of drug-likeness (QED) is 0.414. The summed E-state index contributed by atoms with van der Waals surface area (Å²) in [7, 11) is 0. The monoisotopic (exact) mass is 416 g/mol. The summed E-state index contributed by atoms with van der Waals surface area (Å²) < 4.78 is 7.74. The zero-order chi connectivity index (χ0) is 22.0. The van der Waals surface area contributed by atoms with Crippen molar-refractivity contribution in [1.82, 2.24) is 4.57 Å². The molecule has 1 aliphatic carbocycles. The van der Waals surface area contributed by atoms with Crippen LogP contribution in [0.1, 0.15) is 42.8 Å². The van der Waals surface area contributed by atoms with E-state index < -0.39 is 5.97 Å². The molecule has 0 bridgehead atoms. The zero-order valence-corrected chi connectivity index (χ0v) is 18.5. The van der Waals surface area contributed by atoms with Crippen molar-refractivity contribution in [1.29, 1.82) is 0 Å². The minimum absolute atomic E-state index is 0.00597. The molecule has 1 heterocycles. The van der Waals surface area contributed by atoms with Crippen molar-refractivity contribution in [3.05, 3.63) is 83.2 Å². The second-order valence-corrected chi connectivity index (χ2v) is 8.94. The fraction of sp³-hybridized carbons (Fsp3) is 0.308. The number of hydrogen-bond donors (Lipinski definition) is 0. The van der Waals surface area contributed by atoms with E-state index in [1.54, 1.807) is 12.1 Å². The predicted molar refractivity (Wildman–Crippen MR) is 122 cm³/mol. The number of ether oxygens (including phenoxy) is 1. The van der Waals surface area contributed by atoms with E-state index in [9.17, 15) is 4.79 Å². The number of benzene rings is 2. The molecule has 0 radical (unpaired) electrons. The summed E-state index contributed by atoms with van der Waals surface area (Å²) in [6.45, 7) is 8.44. The van der Waals surface area contributed by atoms with Gasteiger partial charge in [-0.05, 0) is 62.4 Å². The third kappa shape index (κ3) is 4.71. The second kappa shape index (κ2) is 8.42. The number of para-hydroxylation sites is 1. The fourth-order valence-electron chi connectivity index (χ4n) is 4.10. The number of hydrogen-bond acceptors (Lipinski definition) is 4. The highest BCUT2D eigenvalue weighted by atomic mass is 16.7. The van der Waals surface area contributed by atoms with Gasteiger partial charge in [-0.1, -0.05) is 54.9 Å². The number of aromatic nitrogens is 1. The minimum Gasteiger partial charge on any atom is -0.482 e. The summed E-state index contributed by atoms with van der Waals surface area (Å²) in [6, 6.07) is 19.9. The van der Waals surface area contributed by atoms with Crippen LogP contribution < -0.4 is 4.74 Å². The fourth-order valence-corrected chi connectivity index (χ4v) is 4.10. The summed E-state index contributed by atoms with van der Waals surface area (Å²) in [5.41, 5.74) is 6.56. The Bertz CT molecular complexity index is 1110. The molecule has 0 saturated heterocycles. The van der Waals surface area contributed by atoms with Gasteiger partial charge in [0.15, 0.2) is 6.61 Å². The Labute approximate surface area is 183 Å². The Morgan fingerprint density at radius 1 is 1.03 bits per heavy atom. The van der Waals surface area contributed by atoms with Crippen LogP contribution in [0.3, 0.4) is 0 Å². The minimum atomic E-state index is -0.518. The molecule has 0 fully saturated rings. The summed E-state index contributed by atoms with van der Waals surface area (Å²) in [4.78, 5) is 17.4. The normalized spacial score (nSPS) is 16.1. The number of aryl methyl sites for hydroxylation is 2. The molecule has 4 rings (SSSR count). The Hall–Kier alpha value is -3.34. The van der Waals surface area contributed by atoms with Crippen LogP contribution in [0.15, 0.2) is 65.8 Å². The first-order valence-electron chi connectivity index (χ1n) is 10.6. The third-order valence-corrected chi connectivity index (χ3v) is 5.54. The predicted octanol–water partition coefficient (Wildman–Crippen LogP) is 5.39. The van der Waals surface area contributed by atoms with E-state index in [0.29, 0.717) is 5.75 Å². The SMILES string of the molecule is Cc1ccc(-n2c(C)cc3c2CC(C)(C)C/C3=N\OC(=O)COc2ccccc2)cc1. The molecule has 1 aliphatic rings. The van der Waals surface area contributed by atoms with Gasteiger partial charge in [-0.2, -0.15) is 0 Å². The summed E-state index contributed by atoms with van der Waals surface area (Å²) in [6.07, 6.45) is 1.66. The lowest BCUT2D eigenvalue weighted by molar-refractivity contribution is -0.146. The number of carbonyl (C=O) groups excluding carboxylic acids is 1. The number of fused-ring (bicyclic) bond motifs is 1. The first kappa shape index (κ1) is 20.9. The van der Waals surface area contributed by atoms with Gasteiger partial charge in [0.1, 0.15) is 5.75 Å². The van der Waals surface area contributed by atoms with Gasteiger partial charge in [0.25, 0.3) is 0 Å². The summed E-state index contributed by atoms with van der Waals surface area (Å²) in [5, 5.41) is 4.27. The topological polar surface area (TPSA) is 52.8 Å². The van der Waals surface area contributed by atoms with Crippen molar-refractivity contribution in [2.24, 2.45) is 10.6 Å². The molecule has 0 saturated carbocycles. The average molecular weight is 417 g/mol. The van der Waals surface area contributed by atoms with Gasteiger partial charge in [-0.25, -0.2) is 4.79 Å². The Morgan fingerprint density at radius 2 is 1.74 bits per heavy atom. The molecule has 2 aromatic carbocycles. The highest BCUT2D eigenvalue weighted by Gasteiger charge is 2.33. The Morgan fingerprint density at radius 3 is 2.45 bits per heavy atom. The molecular weight excluding hydrogens is 388 g/mol. The van der Waals surface area contributed by atoms with E-state index in [1.807, 2.05) is 18.2 Å². The van der Waals surface area contributed by atoms with E-state index in [0.717, 1.165) is 35.5 Å². The second-order valence-electron chi connectivity index (χ2n) is 8.94. The molecule has 0 atom stereocenters. The van der Waals surface area contributed by atoms with Crippen LogP contribution in [0.5, 0.6) is 5.75 Å². The molecular formula is C26H28N2O3. The van der Waals surface area contributed by atoms with Crippen LogP contribution in [0, 0.1) is 19.3 Å². The van der Waals surface area contributed by atoms with Crippen molar-refractivity contribution >= 4 is 11.7 Å². The van der Waals surface area contributed by atoms with Gasteiger partial charge in [0, 0.05) is 22.6 Å². The highest BCUT2D eigenvalue weighted by Crippen LogP contribution is 2.38. The molecule has 160 valence electrons. The van der Waals surface area contributed by atoms with Gasteiger partial charge < -0.3 is 14.1 Å². The highest BCUT2D eigenvalue weighted by molar-refractivity contribution is 6.03. The van der Waals surface area contributed by atoms with Crippen molar-refractivity contribution in [2.75, 3.05) is 6.61 Å². The molecule has 0 aliphatic heterocycles. The standard InChI is InChI=1S/C26H28N2O3/c1-18-10-12-20(13-11-18)28-19(2)14-22-23(15-26(3,4)16-24(22)28)27-31-25(29)17-30-21-8-6-5-7-9-21/h5-14H,15-17H2,1-4H3/b27-23+. The lowest BCUT2D eigenvalue weighted by atomic mass is 9.76. The van der Waals surface area contributed by atoms with Gasteiger partial charge in [-0.3, -0.25) is 0 Å². The van der Waals surface area contributed by atoms with E-state index in [2.05, 4.69) is 67.7 Å². The Balaban J connectivity index is 1.58. The number of nitrogens with zero attached hydrogens (tertiary/aromatic N) is 2. The maximum Gasteiger partial charge on any atom is 0.372 e. The molecule has 0 spiro atoms. The van der Waals surface area contributed by atoms with Crippen molar-refractivity contribution in [3.8, 4) is 11.4 Å². The van der Waals surface area contributed by atoms with Gasteiger partial charge in [0.2, 0.25) is 0 Å². The molecule has 0 N–H and O–H groups in total. The summed E-state index contributed by atoms with van der Waals surface area (Å²) in [5.74, 6) is 0.106. The average Bonchev–Trinajstić information content (AvgIpc) is 3.06. The van der Waals surface area contributed by atoms with Gasteiger partial charge in [-0.15, -0.1) is 0 Å². The first-order valence-corrected chi connectivity index (χ1v) is 10.6. The smallest absolute Gasteiger partial charge is 0.372 e. The largest absolute Gasteiger partial charge is 0.482 e. The molecule has 31 heavy (non-hydrogen) atoms. The van der Waals surface area contributed by atoms with Crippen LogP contribution in [-0.4, -0.2) is 22.9 Å². The molecule has 5 heteroatoms. The first-order chi connectivity index (χ1) is 14.8. The van der Waals surface area contributed by atoms with Gasteiger partial charge >= 0.3 is 5.97 Å². The lowest BCUT2D eigenvalue weighted by Gasteiger charge is -2.31. The van der Waals surface area contributed by atoms with Crippen LogP contribution in [-0.2, 0) is 16.1 Å². The number of carbonyl (C=O) groups is 1. The third-order valence-electron chi connectivity index (χ3n) is 5.54. The van der Waals surface area contributed by atoms with Crippen LogP contribution in [0.2, 0.25) is 0 Å². The van der Waals surface area contributed by atoms with E-state index in [-0.39, 0.29) is 12.0 Å². The number of rotatable bonds is 5. The van der Waals surface area contributed by atoms with Crippen molar-refractivity contribution < 1.29 is 14.4 Å². The van der Waals surface area contributed by atoms with Crippen LogP contribution in [0.4, 0.5) is 0 Å². The van der Waals surface area contributed by atoms with E-state index >= 15 is 0 Å². The van der Waals surface area contributed by atoms with Gasteiger partial charge in [0.05, 0.1) is 5.71 Å². The van der Waals surface area contributed by atoms with Crippen molar-refractivity contribution in [2.45, 2.75) is 40.5 Å². The van der Waals surface area contributed by atoms with Crippen LogP contribution >= 0.6 is 0 Å². The van der Waals surface area contributed by atoms with Crippen molar-refractivity contribution in [3.63, 3.8) is 0 Å². The molecule has 0 unspecified atom stereocenters.